The first-order valence-corrected chi connectivity index (χ1v) is 8.87. The van der Waals surface area contributed by atoms with E-state index in [9.17, 15) is 14.9 Å². The van der Waals surface area contributed by atoms with Crippen molar-refractivity contribution in [3.05, 3.63) is 63.2 Å². The van der Waals surface area contributed by atoms with Gasteiger partial charge in [0, 0.05) is 24.7 Å². The van der Waals surface area contributed by atoms with Gasteiger partial charge in [-0.25, -0.2) is 0 Å². The van der Waals surface area contributed by atoms with Gasteiger partial charge in [0.2, 0.25) is 0 Å². The van der Waals surface area contributed by atoms with Crippen LogP contribution in [0.25, 0.3) is 0 Å². The topological polar surface area (TPSA) is 117 Å². The Balaban J connectivity index is 2.02. The van der Waals surface area contributed by atoms with E-state index in [4.69, 9.17) is 15.2 Å². The molecule has 8 heteroatoms. The third-order valence-corrected chi connectivity index (χ3v) is 4.17. The Morgan fingerprint density at radius 3 is 2.36 bits per heavy atom. The number of rotatable bonds is 10. The van der Waals surface area contributed by atoms with Crippen LogP contribution in [0, 0.1) is 10.1 Å². The van der Waals surface area contributed by atoms with Crippen LogP contribution in [0.3, 0.4) is 0 Å². The number of nitrogens with two attached hydrogens (primary N) is 1. The van der Waals surface area contributed by atoms with Gasteiger partial charge in [0.25, 0.3) is 11.6 Å². The fraction of sp³-hybridized carbons (Fsp3) is 0.350. The maximum Gasteiger partial charge on any atom is 0.273 e. The van der Waals surface area contributed by atoms with Gasteiger partial charge >= 0.3 is 0 Å². The summed E-state index contributed by atoms with van der Waals surface area (Å²) >= 11 is 0. The summed E-state index contributed by atoms with van der Waals surface area (Å²) in [6.45, 7) is 4.67. The van der Waals surface area contributed by atoms with Gasteiger partial charge in [-0.3, -0.25) is 14.9 Å². The van der Waals surface area contributed by atoms with E-state index in [0.717, 1.165) is 16.7 Å². The maximum absolute atomic E-state index is 11.3. The highest BCUT2D eigenvalue weighted by Crippen LogP contribution is 2.29. The molecule has 0 aliphatic rings. The van der Waals surface area contributed by atoms with Gasteiger partial charge in [-0.1, -0.05) is 32.0 Å². The molecule has 0 spiro atoms. The van der Waals surface area contributed by atoms with Crippen molar-refractivity contribution >= 4 is 11.6 Å². The minimum absolute atomic E-state index is 0.0881. The van der Waals surface area contributed by atoms with Crippen LogP contribution < -0.4 is 20.5 Å². The van der Waals surface area contributed by atoms with E-state index in [1.165, 1.54) is 7.11 Å². The summed E-state index contributed by atoms with van der Waals surface area (Å²) in [5.74, 6) is 0.456. The summed E-state index contributed by atoms with van der Waals surface area (Å²) in [6.07, 6.45) is 0. The molecule has 1 amide bonds. The zero-order chi connectivity index (χ0) is 20.7. The number of nitrogens with zero attached hydrogens (tertiary/aromatic N) is 1. The molecule has 0 saturated heterocycles. The molecule has 3 N–H and O–H groups in total. The van der Waals surface area contributed by atoms with Crippen LogP contribution in [0.15, 0.2) is 36.4 Å². The maximum atomic E-state index is 11.3. The van der Waals surface area contributed by atoms with Crippen LogP contribution in [0.4, 0.5) is 5.69 Å². The van der Waals surface area contributed by atoms with E-state index in [0.29, 0.717) is 24.6 Å². The number of primary amides is 1. The van der Waals surface area contributed by atoms with E-state index in [2.05, 4.69) is 5.32 Å². The Kier molecular flexibility index (Phi) is 7.34. The molecule has 8 nitrogen and oxygen atoms in total. The number of nitro benzene ring substituents is 1. The number of carbonyl (C=O) groups excluding carboxylic acids is 1. The van der Waals surface area contributed by atoms with Crippen molar-refractivity contribution in [3.8, 4) is 11.5 Å². The average Bonchev–Trinajstić information content (AvgIpc) is 2.66. The summed E-state index contributed by atoms with van der Waals surface area (Å²) < 4.78 is 10.6. The monoisotopic (exact) mass is 387 g/mol. The minimum Gasteiger partial charge on any atom is -0.493 e. The van der Waals surface area contributed by atoms with E-state index in [1.807, 2.05) is 32.0 Å². The molecule has 0 atom stereocenters. The number of methoxy groups -OCH3 is 1. The van der Waals surface area contributed by atoms with Crippen molar-refractivity contribution < 1.29 is 19.2 Å². The quantitative estimate of drug-likeness (QED) is 0.478. The molecule has 0 bridgehead atoms. The molecule has 0 aromatic heterocycles. The second kappa shape index (κ2) is 9.70. The van der Waals surface area contributed by atoms with Gasteiger partial charge in [0.1, 0.15) is 0 Å². The van der Waals surface area contributed by atoms with E-state index < -0.39 is 5.91 Å². The molecule has 0 saturated carbocycles. The number of hydrogen-bond donors (Lipinski definition) is 2. The standard InChI is InChI=1S/C20H25N3O5/c1-13(2)16-6-4-14(8-17(16)23(25)26)10-22-11-15-5-7-18(19(9-15)27-3)28-12-20(21)24/h4-9,13,22H,10-12H2,1-3H3,(H2,21,24). The number of ether oxygens (including phenoxy) is 2. The van der Waals surface area contributed by atoms with Crippen molar-refractivity contribution in [2.75, 3.05) is 13.7 Å². The molecule has 0 aliphatic carbocycles. The number of nitro groups is 1. The van der Waals surface area contributed by atoms with Crippen molar-refractivity contribution in [1.29, 1.82) is 0 Å². The second-order valence-corrected chi connectivity index (χ2v) is 6.65. The van der Waals surface area contributed by atoms with Gasteiger partial charge in [0.05, 0.1) is 12.0 Å². The lowest BCUT2D eigenvalue weighted by molar-refractivity contribution is -0.385. The Bertz CT molecular complexity index is 852. The highest BCUT2D eigenvalue weighted by Gasteiger charge is 2.16. The highest BCUT2D eigenvalue weighted by atomic mass is 16.6. The van der Waals surface area contributed by atoms with Gasteiger partial charge in [-0.05, 0) is 29.2 Å². The second-order valence-electron chi connectivity index (χ2n) is 6.65. The molecular formula is C20H25N3O5. The van der Waals surface area contributed by atoms with Gasteiger partial charge in [-0.15, -0.1) is 0 Å². The lowest BCUT2D eigenvalue weighted by Gasteiger charge is -2.12. The van der Waals surface area contributed by atoms with E-state index in [1.54, 1.807) is 18.2 Å². The first-order valence-electron chi connectivity index (χ1n) is 8.87. The molecule has 2 aromatic carbocycles. The molecule has 0 heterocycles. The predicted molar refractivity (Wildman–Crippen MR) is 105 cm³/mol. The average molecular weight is 387 g/mol. The predicted octanol–water partition coefficient (Wildman–Crippen LogP) is 2.88. The molecule has 2 aromatic rings. The fourth-order valence-corrected chi connectivity index (χ4v) is 2.79. The SMILES string of the molecule is COc1cc(CNCc2ccc(C(C)C)c([N+](=O)[O-])c2)ccc1OCC(N)=O. The summed E-state index contributed by atoms with van der Waals surface area (Å²) in [5, 5.41) is 14.6. The molecule has 150 valence electrons. The lowest BCUT2D eigenvalue weighted by atomic mass is 9.99. The Labute approximate surface area is 163 Å². The number of nitrogens with one attached hydrogen (secondary N) is 1. The molecular weight excluding hydrogens is 362 g/mol. The molecule has 0 aliphatic heterocycles. The van der Waals surface area contributed by atoms with Gasteiger partial charge < -0.3 is 20.5 Å². The molecule has 28 heavy (non-hydrogen) atoms. The summed E-state index contributed by atoms with van der Waals surface area (Å²) in [6, 6.07) is 10.7. The summed E-state index contributed by atoms with van der Waals surface area (Å²) in [5.41, 5.74) is 7.73. The molecule has 2 rings (SSSR count). The van der Waals surface area contributed by atoms with Crippen LogP contribution in [0.5, 0.6) is 11.5 Å². The van der Waals surface area contributed by atoms with Crippen molar-refractivity contribution in [3.63, 3.8) is 0 Å². The van der Waals surface area contributed by atoms with E-state index in [-0.39, 0.29) is 23.1 Å². The number of benzene rings is 2. The third-order valence-electron chi connectivity index (χ3n) is 4.17. The number of hydrogen-bond acceptors (Lipinski definition) is 6. The zero-order valence-electron chi connectivity index (χ0n) is 16.2. The highest BCUT2D eigenvalue weighted by molar-refractivity contribution is 5.75. The number of amides is 1. The van der Waals surface area contributed by atoms with Crippen molar-refractivity contribution in [2.24, 2.45) is 5.73 Å². The Morgan fingerprint density at radius 1 is 1.14 bits per heavy atom. The Hall–Kier alpha value is -3.13. The number of carbonyl (C=O) groups is 1. The van der Waals surface area contributed by atoms with Crippen LogP contribution in [0.1, 0.15) is 36.5 Å². The van der Waals surface area contributed by atoms with Crippen LogP contribution in [0.2, 0.25) is 0 Å². The largest absolute Gasteiger partial charge is 0.493 e. The van der Waals surface area contributed by atoms with Crippen LogP contribution >= 0.6 is 0 Å². The Morgan fingerprint density at radius 2 is 1.79 bits per heavy atom. The van der Waals surface area contributed by atoms with E-state index >= 15 is 0 Å². The molecule has 0 unspecified atom stereocenters. The minimum atomic E-state index is -0.564. The van der Waals surface area contributed by atoms with Crippen molar-refractivity contribution in [1.82, 2.24) is 5.32 Å². The third kappa shape index (κ3) is 5.68. The first-order chi connectivity index (χ1) is 13.3. The van der Waals surface area contributed by atoms with Crippen LogP contribution in [-0.2, 0) is 17.9 Å². The summed E-state index contributed by atoms with van der Waals surface area (Å²) in [4.78, 5) is 21.8. The van der Waals surface area contributed by atoms with Crippen molar-refractivity contribution in [2.45, 2.75) is 32.9 Å². The normalized spacial score (nSPS) is 10.7. The zero-order valence-corrected chi connectivity index (χ0v) is 16.2. The van der Waals surface area contributed by atoms with Gasteiger partial charge in [-0.2, -0.15) is 0 Å². The molecule has 0 fully saturated rings. The summed E-state index contributed by atoms with van der Waals surface area (Å²) in [7, 11) is 1.51. The molecule has 0 radical (unpaired) electrons. The van der Waals surface area contributed by atoms with Crippen LogP contribution in [-0.4, -0.2) is 24.5 Å². The smallest absolute Gasteiger partial charge is 0.273 e. The van der Waals surface area contributed by atoms with Gasteiger partial charge in [0.15, 0.2) is 18.1 Å². The fourth-order valence-electron chi connectivity index (χ4n) is 2.79. The lowest BCUT2D eigenvalue weighted by Crippen LogP contribution is -2.20. The first kappa shape index (κ1) is 21.2.